The first-order valence-corrected chi connectivity index (χ1v) is 6.93. The fourth-order valence-electron chi connectivity index (χ4n) is 2.60. The smallest absolute Gasteiger partial charge is 0.000522 e. The summed E-state index contributed by atoms with van der Waals surface area (Å²) in [6.07, 6.45) is 0. The van der Waals surface area contributed by atoms with Gasteiger partial charge in [-0.25, -0.2) is 0 Å². The van der Waals surface area contributed by atoms with Crippen LogP contribution in [0, 0.1) is 29.6 Å². The largest absolute Gasteiger partial charge is 0.316 e. The maximum atomic E-state index is 3.67. The lowest BCUT2D eigenvalue weighted by atomic mass is 9.85. The van der Waals surface area contributed by atoms with Gasteiger partial charge in [0.2, 0.25) is 0 Å². The molecule has 0 spiro atoms. The first-order chi connectivity index (χ1) is 7.52. The summed E-state index contributed by atoms with van der Waals surface area (Å²) in [6.45, 7) is 16.5. The Balaban J connectivity index is 2.16. The molecule has 0 amide bonds. The van der Waals surface area contributed by atoms with Gasteiger partial charge in [0, 0.05) is 0 Å². The van der Waals surface area contributed by atoms with Crippen LogP contribution >= 0.6 is 0 Å². The standard InChI is InChI=1S/C14H30N2/c1-10(2)14(11(3)4)9-15-6-12(5)13-7-16-8-13/h10-16H,6-9H2,1-5H3. The van der Waals surface area contributed by atoms with Crippen LogP contribution in [0.15, 0.2) is 0 Å². The van der Waals surface area contributed by atoms with Gasteiger partial charge >= 0.3 is 0 Å². The number of rotatable bonds is 7. The molecule has 1 rings (SSSR count). The summed E-state index contributed by atoms with van der Waals surface area (Å²) < 4.78 is 0. The van der Waals surface area contributed by atoms with Crippen LogP contribution in [0.3, 0.4) is 0 Å². The first-order valence-electron chi connectivity index (χ1n) is 6.93. The van der Waals surface area contributed by atoms with Gasteiger partial charge in [0.1, 0.15) is 0 Å². The second kappa shape index (κ2) is 6.61. The van der Waals surface area contributed by atoms with Crippen LogP contribution in [0.25, 0.3) is 0 Å². The highest BCUT2D eigenvalue weighted by atomic mass is 15.0. The monoisotopic (exact) mass is 226 g/mol. The lowest BCUT2D eigenvalue weighted by Crippen LogP contribution is -2.48. The molecule has 1 fully saturated rings. The fraction of sp³-hybridized carbons (Fsp3) is 1.00. The second-order valence-corrected chi connectivity index (χ2v) is 6.21. The van der Waals surface area contributed by atoms with Gasteiger partial charge < -0.3 is 10.6 Å². The van der Waals surface area contributed by atoms with E-state index in [1.165, 1.54) is 26.2 Å². The van der Waals surface area contributed by atoms with Gasteiger partial charge in [0.05, 0.1) is 0 Å². The molecule has 0 aromatic rings. The third kappa shape index (κ3) is 4.06. The minimum atomic E-state index is 0.785. The van der Waals surface area contributed by atoms with Crippen LogP contribution in [0.1, 0.15) is 34.6 Å². The van der Waals surface area contributed by atoms with Crippen molar-refractivity contribution >= 4 is 0 Å². The minimum Gasteiger partial charge on any atom is -0.316 e. The summed E-state index contributed by atoms with van der Waals surface area (Å²) in [5.41, 5.74) is 0. The molecule has 0 bridgehead atoms. The van der Waals surface area contributed by atoms with Gasteiger partial charge in [-0.15, -0.1) is 0 Å². The molecule has 0 radical (unpaired) electrons. The average Bonchev–Trinajstić information content (AvgIpc) is 2.07. The van der Waals surface area contributed by atoms with Gasteiger partial charge in [-0.2, -0.15) is 0 Å². The van der Waals surface area contributed by atoms with Gasteiger partial charge in [0.25, 0.3) is 0 Å². The number of hydrogen-bond donors (Lipinski definition) is 2. The summed E-state index contributed by atoms with van der Waals surface area (Å²) in [7, 11) is 0. The van der Waals surface area contributed by atoms with Gasteiger partial charge in [-0.05, 0) is 55.8 Å². The quantitative estimate of drug-likeness (QED) is 0.696. The van der Waals surface area contributed by atoms with E-state index in [1.807, 2.05) is 0 Å². The molecule has 0 aromatic heterocycles. The van der Waals surface area contributed by atoms with Crippen LogP contribution in [-0.2, 0) is 0 Å². The molecule has 2 N–H and O–H groups in total. The predicted octanol–water partition coefficient (Wildman–Crippen LogP) is 2.36. The summed E-state index contributed by atoms with van der Waals surface area (Å²) in [5.74, 6) is 4.11. The molecule has 1 aliphatic rings. The van der Waals surface area contributed by atoms with Gasteiger partial charge in [-0.3, -0.25) is 0 Å². The van der Waals surface area contributed by atoms with Crippen LogP contribution in [0.5, 0.6) is 0 Å². The molecule has 0 saturated carbocycles. The highest BCUT2D eigenvalue weighted by Crippen LogP contribution is 2.20. The third-order valence-electron chi connectivity index (χ3n) is 4.18. The Hall–Kier alpha value is -0.0800. The van der Waals surface area contributed by atoms with Gasteiger partial charge in [0.15, 0.2) is 0 Å². The average molecular weight is 226 g/mol. The predicted molar refractivity (Wildman–Crippen MR) is 71.6 cm³/mol. The molecule has 0 aromatic carbocycles. The zero-order valence-corrected chi connectivity index (χ0v) is 11.7. The summed E-state index contributed by atoms with van der Waals surface area (Å²) in [4.78, 5) is 0. The van der Waals surface area contributed by atoms with E-state index in [-0.39, 0.29) is 0 Å². The zero-order chi connectivity index (χ0) is 12.1. The molecule has 1 heterocycles. The zero-order valence-electron chi connectivity index (χ0n) is 11.7. The summed E-state index contributed by atoms with van der Waals surface area (Å²) in [5, 5.41) is 7.02. The summed E-state index contributed by atoms with van der Waals surface area (Å²) >= 11 is 0. The van der Waals surface area contributed by atoms with Crippen molar-refractivity contribution in [3.8, 4) is 0 Å². The highest BCUT2D eigenvalue weighted by Gasteiger charge is 2.23. The van der Waals surface area contributed by atoms with Crippen molar-refractivity contribution in [3.05, 3.63) is 0 Å². The SMILES string of the molecule is CC(C)C(CNCC(C)C1CNC1)C(C)C. The Morgan fingerprint density at radius 3 is 1.94 bits per heavy atom. The Labute approximate surface area is 102 Å². The molecule has 2 heteroatoms. The molecule has 1 saturated heterocycles. The molecule has 1 unspecified atom stereocenters. The lowest BCUT2D eigenvalue weighted by molar-refractivity contribution is 0.225. The van der Waals surface area contributed by atoms with E-state index in [0.29, 0.717) is 0 Å². The van der Waals surface area contributed by atoms with Crippen LogP contribution in [-0.4, -0.2) is 26.2 Å². The van der Waals surface area contributed by atoms with Crippen molar-refractivity contribution in [3.63, 3.8) is 0 Å². The Morgan fingerprint density at radius 2 is 1.56 bits per heavy atom. The van der Waals surface area contributed by atoms with Crippen LogP contribution in [0.2, 0.25) is 0 Å². The molecular formula is C14H30N2. The molecule has 2 nitrogen and oxygen atoms in total. The van der Waals surface area contributed by atoms with E-state index in [9.17, 15) is 0 Å². The fourth-order valence-corrected chi connectivity index (χ4v) is 2.60. The third-order valence-corrected chi connectivity index (χ3v) is 4.18. The van der Waals surface area contributed by atoms with Crippen molar-refractivity contribution in [2.24, 2.45) is 29.6 Å². The van der Waals surface area contributed by atoms with Crippen molar-refractivity contribution in [2.45, 2.75) is 34.6 Å². The number of nitrogens with one attached hydrogen (secondary N) is 2. The van der Waals surface area contributed by atoms with Crippen molar-refractivity contribution in [1.29, 1.82) is 0 Å². The van der Waals surface area contributed by atoms with E-state index in [0.717, 1.165) is 29.6 Å². The molecule has 16 heavy (non-hydrogen) atoms. The topological polar surface area (TPSA) is 24.1 Å². The van der Waals surface area contributed by atoms with Crippen molar-refractivity contribution in [2.75, 3.05) is 26.2 Å². The van der Waals surface area contributed by atoms with E-state index >= 15 is 0 Å². The first kappa shape index (κ1) is 14.0. The highest BCUT2D eigenvalue weighted by molar-refractivity contribution is 4.81. The van der Waals surface area contributed by atoms with Crippen molar-refractivity contribution < 1.29 is 0 Å². The van der Waals surface area contributed by atoms with Crippen LogP contribution in [0.4, 0.5) is 0 Å². The van der Waals surface area contributed by atoms with E-state index in [2.05, 4.69) is 45.3 Å². The Bertz CT molecular complexity index is 177. The Kier molecular flexibility index (Phi) is 5.77. The lowest BCUT2D eigenvalue weighted by Gasteiger charge is -2.33. The molecule has 0 aliphatic carbocycles. The van der Waals surface area contributed by atoms with Gasteiger partial charge in [-0.1, -0.05) is 34.6 Å². The second-order valence-electron chi connectivity index (χ2n) is 6.21. The van der Waals surface area contributed by atoms with E-state index in [1.54, 1.807) is 0 Å². The van der Waals surface area contributed by atoms with Crippen molar-refractivity contribution in [1.82, 2.24) is 10.6 Å². The summed E-state index contributed by atoms with van der Waals surface area (Å²) in [6, 6.07) is 0. The maximum absolute atomic E-state index is 3.67. The molecule has 1 aliphatic heterocycles. The maximum Gasteiger partial charge on any atom is -0.000522 e. The van der Waals surface area contributed by atoms with E-state index in [4.69, 9.17) is 0 Å². The Morgan fingerprint density at radius 1 is 1.00 bits per heavy atom. The normalized spacial score (nSPS) is 19.5. The number of hydrogen-bond acceptors (Lipinski definition) is 2. The molecular weight excluding hydrogens is 196 g/mol. The van der Waals surface area contributed by atoms with E-state index < -0.39 is 0 Å². The molecule has 1 atom stereocenters. The van der Waals surface area contributed by atoms with Crippen LogP contribution < -0.4 is 10.6 Å². The molecule has 96 valence electrons. The minimum absolute atomic E-state index is 0.785.